The van der Waals surface area contributed by atoms with E-state index in [-0.39, 0.29) is 0 Å². The molecule has 1 rings (SSSR count). The van der Waals surface area contributed by atoms with E-state index in [1.165, 1.54) is 0 Å². The predicted molar refractivity (Wildman–Crippen MR) is 41.4 cm³/mol. The molecule has 0 aromatic heterocycles. The van der Waals surface area contributed by atoms with Gasteiger partial charge in [0.05, 0.1) is 5.56 Å². The molecule has 0 amide bonds. The van der Waals surface area contributed by atoms with Gasteiger partial charge in [-0.2, -0.15) is 0 Å². The number of benzene rings is 1. The van der Waals surface area contributed by atoms with Gasteiger partial charge in [-0.1, -0.05) is 6.08 Å². The van der Waals surface area contributed by atoms with Gasteiger partial charge in [-0.25, -0.2) is 22.0 Å². The molecule has 0 saturated carbocycles. The Labute approximate surface area is 81.5 Å². The van der Waals surface area contributed by atoms with Crippen LogP contribution in [-0.4, -0.2) is 5.11 Å². The molecule has 0 aliphatic heterocycles. The summed E-state index contributed by atoms with van der Waals surface area (Å²) in [6.45, 7) is 2.98. The van der Waals surface area contributed by atoms with Crippen LogP contribution in [0.25, 0.3) is 0 Å². The van der Waals surface area contributed by atoms with Crippen LogP contribution in [0, 0.1) is 29.1 Å². The van der Waals surface area contributed by atoms with E-state index in [1.54, 1.807) is 0 Å². The van der Waals surface area contributed by atoms with Crippen LogP contribution in [0.15, 0.2) is 12.7 Å². The highest BCUT2D eigenvalue weighted by molar-refractivity contribution is 5.27. The van der Waals surface area contributed by atoms with Crippen LogP contribution in [0.4, 0.5) is 22.0 Å². The third-order valence-corrected chi connectivity index (χ3v) is 1.76. The zero-order valence-corrected chi connectivity index (χ0v) is 7.20. The maximum atomic E-state index is 12.9. The third kappa shape index (κ3) is 1.72. The molecule has 1 aromatic rings. The van der Waals surface area contributed by atoms with E-state index in [2.05, 4.69) is 6.58 Å². The molecule has 0 saturated heterocycles. The van der Waals surface area contributed by atoms with E-state index in [9.17, 15) is 22.0 Å². The minimum absolute atomic E-state index is 0.651. The van der Waals surface area contributed by atoms with Crippen LogP contribution >= 0.6 is 0 Å². The molecule has 1 unspecified atom stereocenters. The summed E-state index contributed by atoms with van der Waals surface area (Å²) in [6.07, 6.45) is -1.30. The minimum atomic E-state index is -2.26. The average molecular weight is 224 g/mol. The topological polar surface area (TPSA) is 20.2 Å². The summed E-state index contributed by atoms with van der Waals surface area (Å²) in [6, 6.07) is 0. The molecule has 0 radical (unpaired) electrons. The van der Waals surface area contributed by atoms with Gasteiger partial charge < -0.3 is 5.11 Å². The van der Waals surface area contributed by atoms with Crippen molar-refractivity contribution < 1.29 is 27.1 Å². The lowest BCUT2D eigenvalue weighted by molar-refractivity contribution is 0.211. The van der Waals surface area contributed by atoms with E-state index in [0.29, 0.717) is 6.08 Å². The predicted octanol–water partition coefficient (Wildman–Crippen LogP) is 2.60. The monoisotopic (exact) mass is 224 g/mol. The lowest BCUT2D eigenvalue weighted by Gasteiger charge is -2.10. The highest BCUT2D eigenvalue weighted by Crippen LogP contribution is 2.27. The Morgan fingerprint density at radius 2 is 1.20 bits per heavy atom. The number of rotatable bonds is 2. The van der Waals surface area contributed by atoms with Crippen LogP contribution in [0.5, 0.6) is 0 Å². The fourth-order valence-electron chi connectivity index (χ4n) is 0.999. The summed E-state index contributed by atoms with van der Waals surface area (Å²) in [5, 5.41) is 8.98. The number of hydrogen-bond acceptors (Lipinski definition) is 1. The van der Waals surface area contributed by atoms with Crippen molar-refractivity contribution in [2.75, 3.05) is 0 Å². The first-order valence-corrected chi connectivity index (χ1v) is 3.73. The second kappa shape index (κ2) is 3.98. The molecule has 1 aromatic carbocycles. The number of halogens is 5. The second-order valence-corrected chi connectivity index (χ2v) is 2.66. The van der Waals surface area contributed by atoms with Crippen LogP contribution in [0.1, 0.15) is 11.7 Å². The van der Waals surface area contributed by atoms with Crippen LogP contribution in [0.3, 0.4) is 0 Å². The average Bonchev–Trinajstić information content (AvgIpc) is 2.23. The molecular formula is C9H5F5O. The Bertz CT molecular complexity index is 386. The van der Waals surface area contributed by atoms with Gasteiger partial charge in [-0.05, 0) is 0 Å². The highest BCUT2D eigenvalue weighted by atomic mass is 19.2. The summed E-state index contributed by atoms with van der Waals surface area (Å²) >= 11 is 0. The summed E-state index contributed by atoms with van der Waals surface area (Å²) in [5.74, 6) is -10.6. The summed E-state index contributed by atoms with van der Waals surface area (Å²) < 4.78 is 63.5. The molecule has 0 aliphatic rings. The van der Waals surface area contributed by atoms with Gasteiger partial charge in [0.2, 0.25) is 5.82 Å². The molecule has 0 bridgehead atoms. The maximum absolute atomic E-state index is 12.9. The first-order chi connectivity index (χ1) is 6.91. The zero-order valence-electron chi connectivity index (χ0n) is 7.20. The van der Waals surface area contributed by atoms with E-state index in [4.69, 9.17) is 5.11 Å². The van der Waals surface area contributed by atoms with Gasteiger partial charge >= 0.3 is 0 Å². The lowest BCUT2D eigenvalue weighted by atomic mass is 10.1. The SMILES string of the molecule is C=CC(O)c1c(F)c(F)c(F)c(F)c1F. The molecular weight excluding hydrogens is 219 g/mol. The third-order valence-electron chi connectivity index (χ3n) is 1.76. The molecule has 82 valence electrons. The summed E-state index contributed by atoms with van der Waals surface area (Å²) in [5.41, 5.74) is -1.30. The standard InChI is InChI=1S/C9H5F5O/c1-2-3(15)4-5(10)7(12)9(14)8(13)6(4)11/h2-3,15H,1H2. The van der Waals surface area contributed by atoms with Crippen LogP contribution < -0.4 is 0 Å². The first-order valence-electron chi connectivity index (χ1n) is 3.73. The van der Waals surface area contributed by atoms with Gasteiger partial charge in [-0.15, -0.1) is 6.58 Å². The molecule has 0 spiro atoms. The van der Waals surface area contributed by atoms with Gasteiger partial charge in [-0.3, -0.25) is 0 Å². The van der Waals surface area contributed by atoms with Crippen molar-refractivity contribution in [3.05, 3.63) is 47.3 Å². The quantitative estimate of drug-likeness (QED) is 0.354. The number of hydrogen-bond donors (Lipinski definition) is 1. The van der Waals surface area contributed by atoms with E-state index < -0.39 is 40.8 Å². The molecule has 1 atom stereocenters. The molecule has 1 N–H and O–H groups in total. The molecule has 15 heavy (non-hydrogen) atoms. The van der Waals surface area contributed by atoms with E-state index >= 15 is 0 Å². The Hall–Kier alpha value is -1.43. The second-order valence-electron chi connectivity index (χ2n) is 2.66. The van der Waals surface area contributed by atoms with E-state index in [0.717, 1.165) is 0 Å². The summed E-state index contributed by atoms with van der Waals surface area (Å²) in [4.78, 5) is 0. The highest BCUT2D eigenvalue weighted by Gasteiger charge is 2.28. The van der Waals surface area contributed by atoms with Crippen molar-refractivity contribution in [3.63, 3.8) is 0 Å². The molecule has 0 heterocycles. The van der Waals surface area contributed by atoms with Gasteiger partial charge in [0.25, 0.3) is 0 Å². The van der Waals surface area contributed by atoms with Gasteiger partial charge in [0.15, 0.2) is 23.3 Å². The van der Waals surface area contributed by atoms with Crippen molar-refractivity contribution in [1.29, 1.82) is 0 Å². The van der Waals surface area contributed by atoms with Gasteiger partial charge in [0.1, 0.15) is 6.10 Å². The fraction of sp³-hybridized carbons (Fsp3) is 0.111. The molecule has 6 heteroatoms. The number of aliphatic hydroxyl groups excluding tert-OH is 1. The fourth-order valence-corrected chi connectivity index (χ4v) is 0.999. The van der Waals surface area contributed by atoms with Crippen molar-refractivity contribution in [3.8, 4) is 0 Å². The largest absolute Gasteiger partial charge is 0.384 e. The zero-order chi connectivity index (χ0) is 11.7. The maximum Gasteiger partial charge on any atom is 0.200 e. The van der Waals surface area contributed by atoms with Crippen LogP contribution in [0.2, 0.25) is 0 Å². The Kier molecular flexibility index (Phi) is 3.09. The van der Waals surface area contributed by atoms with Gasteiger partial charge in [0, 0.05) is 0 Å². The normalized spacial score (nSPS) is 12.7. The van der Waals surface area contributed by atoms with Crippen molar-refractivity contribution in [1.82, 2.24) is 0 Å². The lowest BCUT2D eigenvalue weighted by Crippen LogP contribution is -2.09. The van der Waals surface area contributed by atoms with Crippen molar-refractivity contribution in [2.45, 2.75) is 6.10 Å². The molecule has 0 aliphatic carbocycles. The van der Waals surface area contributed by atoms with Crippen LogP contribution in [-0.2, 0) is 0 Å². The first kappa shape index (κ1) is 11.6. The molecule has 0 fully saturated rings. The van der Waals surface area contributed by atoms with Crippen molar-refractivity contribution >= 4 is 0 Å². The Morgan fingerprint density at radius 1 is 0.867 bits per heavy atom. The van der Waals surface area contributed by atoms with E-state index in [1.807, 2.05) is 0 Å². The summed E-state index contributed by atoms with van der Waals surface area (Å²) in [7, 11) is 0. The smallest absolute Gasteiger partial charge is 0.200 e. The number of aliphatic hydroxyl groups is 1. The van der Waals surface area contributed by atoms with Crippen molar-refractivity contribution in [2.24, 2.45) is 0 Å². The Balaban J connectivity index is 3.59. The minimum Gasteiger partial charge on any atom is -0.384 e. The Morgan fingerprint density at radius 3 is 1.53 bits per heavy atom. The molecule has 1 nitrogen and oxygen atoms in total.